The van der Waals surface area contributed by atoms with Gasteiger partial charge in [-0.3, -0.25) is 19.2 Å². The number of carbonyl (C=O) groups excluding carboxylic acids is 2. The number of hydrogen-bond donors (Lipinski definition) is 0. The van der Waals surface area contributed by atoms with Gasteiger partial charge in [-0.05, 0) is 11.8 Å². The summed E-state index contributed by atoms with van der Waals surface area (Å²) in [5.74, 6) is 2.28. The van der Waals surface area contributed by atoms with Crippen molar-refractivity contribution in [3.63, 3.8) is 0 Å². The van der Waals surface area contributed by atoms with Crippen molar-refractivity contribution in [1.82, 2.24) is 9.78 Å². The van der Waals surface area contributed by atoms with Crippen molar-refractivity contribution >= 4 is 28.6 Å². The number of nitrogens with zero attached hydrogens (tertiary/aromatic N) is 3. The lowest BCUT2D eigenvalue weighted by Crippen LogP contribution is -2.26. The van der Waals surface area contributed by atoms with Crippen LogP contribution in [0.2, 0.25) is 0 Å². The molecule has 0 saturated carbocycles. The normalized spacial score (nSPS) is 19.1. The van der Waals surface area contributed by atoms with Crippen LogP contribution in [0.15, 0.2) is 6.07 Å². The van der Waals surface area contributed by atoms with E-state index in [0.717, 1.165) is 11.5 Å². The summed E-state index contributed by atoms with van der Waals surface area (Å²) in [5.41, 5.74) is 0.997. The SMILES string of the molecule is CC(=O)SCC1CC(=O)N(c2cc(C(C)C)nn2C)C1. The van der Waals surface area contributed by atoms with E-state index in [1.54, 1.807) is 16.5 Å². The third-order valence-electron chi connectivity index (χ3n) is 3.47. The van der Waals surface area contributed by atoms with Crippen molar-refractivity contribution in [2.75, 3.05) is 17.2 Å². The van der Waals surface area contributed by atoms with E-state index in [0.29, 0.717) is 24.6 Å². The molecule has 1 aromatic rings. The number of rotatable bonds is 4. The molecule has 20 heavy (non-hydrogen) atoms. The largest absolute Gasteiger partial charge is 0.297 e. The first-order valence-electron chi connectivity index (χ1n) is 6.86. The molecule has 1 amide bonds. The Hall–Kier alpha value is -1.30. The van der Waals surface area contributed by atoms with Crippen LogP contribution in [0, 0.1) is 5.92 Å². The highest BCUT2D eigenvalue weighted by atomic mass is 32.2. The molecule has 0 aliphatic carbocycles. The van der Waals surface area contributed by atoms with Gasteiger partial charge in [-0.2, -0.15) is 5.10 Å². The number of aryl methyl sites for hydroxylation is 1. The molecule has 0 bridgehead atoms. The van der Waals surface area contributed by atoms with Crippen LogP contribution < -0.4 is 4.90 Å². The first-order chi connectivity index (χ1) is 9.38. The summed E-state index contributed by atoms with van der Waals surface area (Å²) < 4.78 is 1.77. The lowest BCUT2D eigenvalue weighted by atomic mass is 10.1. The maximum atomic E-state index is 12.2. The van der Waals surface area contributed by atoms with Crippen LogP contribution in [0.4, 0.5) is 5.82 Å². The third kappa shape index (κ3) is 3.23. The fraction of sp³-hybridized carbons (Fsp3) is 0.643. The van der Waals surface area contributed by atoms with Gasteiger partial charge in [0.05, 0.1) is 5.69 Å². The van der Waals surface area contributed by atoms with E-state index in [1.807, 2.05) is 13.1 Å². The number of thioether (sulfide) groups is 1. The van der Waals surface area contributed by atoms with Crippen LogP contribution in [0.5, 0.6) is 0 Å². The fourth-order valence-electron chi connectivity index (χ4n) is 2.36. The van der Waals surface area contributed by atoms with E-state index in [4.69, 9.17) is 0 Å². The second-order valence-electron chi connectivity index (χ2n) is 5.58. The summed E-state index contributed by atoms with van der Waals surface area (Å²) in [4.78, 5) is 25.0. The number of carbonyl (C=O) groups is 2. The van der Waals surface area contributed by atoms with Gasteiger partial charge in [0.2, 0.25) is 5.91 Å². The van der Waals surface area contributed by atoms with Gasteiger partial charge in [-0.1, -0.05) is 25.6 Å². The molecular weight excluding hydrogens is 274 g/mol. The lowest BCUT2D eigenvalue weighted by molar-refractivity contribution is -0.117. The van der Waals surface area contributed by atoms with Gasteiger partial charge in [0, 0.05) is 38.8 Å². The van der Waals surface area contributed by atoms with Crippen molar-refractivity contribution in [1.29, 1.82) is 0 Å². The maximum absolute atomic E-state index is 12.2. The summed E-state index contributed by atoms with van der Waals surface area (Å²) in [6.45, 7) is 6.42. The molecule has 1 aliphatic rings. The summed E-state index contributed by atoms with van der Waals surface area (Å²) in [7, 11) is 1.87. The molecule has 1 aliphatic heterocycles. The molecular formula is C14H21N3O2S. The maximum Gasteiger partial charge on any atom is 0.228 e. The second kappa shape index (κ2) is 5.99. The molecule has 1 unspecified atom stereocenters. The number of amides is 1. The second-order valence-corrected chi connectivity index (χ2v) is 6.78. The van der Waals surface area contributed by atoms with E-state index < -0.39 is 0 Å². The molecule has 1 aromatic heterocycles. The van der Waals surface area contributed by atoms with Gasteiger partial charge in [0.1, 0.15) is 5.82 Å². The minimum Gasteiger partial charge on any atom is -0.297 e. The van der Waals surface area contributed by atoms with Crippen LogP contribution in [-0.4, -0.2) is 33.1 Å². The van der Waals surface area contributed by atoms with Gasteiger partial charge in [0.15, 0.2) is 5.12 Å². The molecule has 5 nitrogen and oxygen atoms in total. The van der Waals surface area contributed by atoms with Crippen molar-refractivity contribution < 1.29 is 9.59 Å². The number of aromatic nitrogens is 2. The molecule has 1 fully saturated rings. The van der Waals surface area contributed by atoms with Gasteiger partial charge in [-0.15, -0.1) is 0 Å². The highest BCUT2D eigenvalue weighted by Gasteiger charge is 2.32. The summed E-state index contributed by atoms with van der Waals surface area (Å²) in [5, 5.41) is 4.56. The molecule has 0 N–H and O–H groups in total. The summed E-state index contributed by atoms with van der Waals surface area (Å²) in [6, 6.07) is 1.99. The van der Waals surface area contributed by atoms with Crippen molar-refractivity contribution in [3.05, 3.63) is 11.8 Å². The Morgan fingerprint density at radius 3 is 2.80 bits per heavy atom. The first kappa shape index (κ1) is 15.1. The van der Waals surface area contributed by atoms with Crippen LogP contribution in [0.3, 0.4) is 0 Å². The summed E-state index contributed by atoms with van der Waals surface area (Å²) >= 11 is 1.30. The average molecular weight is 295 g/mol. The molecule has 0 spiro atoms. The Morgan fingerprint density at radius 2 is 2.25 bits per heavy atom. The Morgan fingerprint density at radius 1 is 1.55 bits per heavy atom. The minimum absolute atomic E-state index is 0.110. The predicted octanol–water partition coefficient (Wildman–Crippen LogP) is 2.18. The topological polar surface area (TPSA) is 55.2 Å². The van der Waals surface area contributed by atoms with Crippen molar-refractivity contribution in [2.24, 2.45) is 13.0 Å². The molecule has 2 heterocycles. The molecule has 0 radical (unpaired) electrons. The Kier molecular flexibility index (Phi) is 4.52. The Balaban J connectivity index is 2.09. The molecule has 6 heteroatoms. The quantitative estimate of drug-likeness (QED) is 0.854. The van der Waals surface area contributed by atoms with Crippen LogP contribution in [0.1, 0.15) is 38.8 Å². The van der Waals surface area contributed by atoms with Gasteiger partial charge >= 0.3 is 0 Å². The zero-order chi connectivity index (χ0) is 14.9. The minimum atomic E-state index is 0.110. The van der Waals surface area contributed by atoms with E-state index in [1.165, 1.54) is 11.8 Å². The van der Waals surface area contributed by atoms with Crippen molar-refractivity contribution in [2.45, 2.75) is 33.1 Å². The van der Waals surface area contributed by atoms with Gasteiger partial charge in [0.25, 0.3) is 0 Å². The van der Waals surface area contributed by atoms with E-state index in [-0.39, 0.29) is 16.9 Å². The fourth-order valence-corrected chi connectivity index (χ4v) is 3.06. The van der Waals surface area contributed by atoms with E-state index >= 15 is 0 Å². The molecule has 110 valence electrons. The van der Waals surface area contributed by atoms with Crippen molar-refractivity contribution in [3.8, 4) is 0 Å². The molecule has 1 saturated heterocycles. The molecule has 2 rings (SSSR count). The van der Waals surface area contributed by atoms with E-state index in [9.17, 15) is 9.59 Å². The monoisotopic (exact) mass is 295 g/mol. The predicted molar refractivity (Wildman–Crippen MR) is 80.9 cm³/mol. The zero-order valence-electron chi connectivity index (χ0n) is 12.4. The number of hydrogen-bond acceptors (Lipinski definition) is 4. The highest BCUT2D eigenvalue weighted by Crippen LogP contribution is 2.29. The smallest absolute Gasteiger partial charge is 0.228 e. The Bertz CT molecular complexity index is 524. The molecule has 0 aromatic carbocycles. The first-order valence-corrected chi connectivity index (χ1v) is 7.84. The van der Waals surface area contributed by atoms with Crippen LogP contribution >= 0.6 is 11.8 Å². The zero-order valence-corrected chi connectivity index (χ0v) is 13.2. The van der Waals surface area contributed by atoms with Crippen LogP contribution in [-0.2, 0) is 16.6 Å². The van der Waals surface area contributed by atoms with Crippen LogP contribution in [0.25, 0.3) is 0 Å². The number of anilines is 1. The van der Waals surface area contributed by atoms with Gasteiger partial charge in [-0.25, -0.2) is 0 Å². The third-order valence-corrected chi connectivity index (χ3v) is 4.51. The summed E-state index contributed by atoms with van der Waals surface area (Å²) in [6.07, 6.45) is 0.516. The molecule has 1 atom stereocenters. The lowest BCUT2D eigenvalue weighted by Gasteiger charge is -2.16. The van der Waals surface area contributed by atoms with E-state index in [2.05, 4.69) is 18.9 Å². The van der Waals surface area contributed by atoms with Gasteiger partial charge < -0.3 is 0 Å². The Labute approximate surface area is 123 Å². The highest BCUT2D eigenvalue weighted by molar-refractivity contribution is 8.13. The standard InChI is InChI=1S/C14H21N3O2S/c1-9(2)12-6-13(16(4)15-12)17-7-11(5-14(17)19)8-20-10(3)18/h6,9,11H,5,7-8H2,1-4H3. The average Bonchev–Trinajstić information content (AvgIpc) is 2.90.